The Morgan fingerprint density at radius 1 is 1.31 bits per heavy atom. The minimum absolute atomic E-state index is 0.0533. The maximum atomic E-state index is 12.3. The van der Waals surface area contributed by atoms with Crippen molar-refractivity contribution in [3.8, 4) is 17.9 Å². The van der Waals surface area contributed by atoms with Gasteiger partial charge in [-0.25, -0.2) is 0 Å². The highest BCUT2D eigenvalue weighted by atomic mass is 19.4. The van der Waals surface area contributed by atoms with Crippen molar-refractivity contribution in [3.05, 3.63) is 34.9 Å². The van der Waals surface area contributed by atoms with Crippen molar-refractivity contribution in [1.82, 2.24) is 0 Å². The fourth-order valence-electron chi connectivity index (χ4n) is 1.12. The van der Waals surface area contributed by atoms with Crippen molar-refractivity contribution < 1.29 is 18.3 Å². The largest absolute Gasteiger partial charge is 0.416 e. The van der Waals surface area contributed by atoms with Crippen molar-refractivity contribution in [2.75, 3.05) is 0 Å². The number of halogens is 3. The summed E-state index contributed by atoms with van der Waals surface area (Å²) < 4.78 is 37.0. The van der Waals surface area contributed by atoms with Crippen molar-refractivity contribution in [2.24, 2.45) is 0 Å². The molecule has 0 fully saturated rings. The Kier molecular flexibility index (Phi) is 3.55. The molecule has 0 aliphatic rings. The molecule has 0 aromatic heterocycles. The molecule has 0 unspecified atom stereocenters. The molecule has 5 heteroatoms. The van der Waals surface area contributed by atoms with Gasteiger partial charge in [-0.15, -0.1) is 0 Å². The number of aliphatic hydroxyl groups excluding tert-OH is 1. The zero-order chi connectivity index (χ0) is 12.2. The molecule has 0 heterocycles. The predicted octanol–water partition coefficient (Wildman–Crippen LogP) is 2.07. The van der Waals surface area contributed by atoms with Gasteiger partial charge in [0, 0.05) is 11.5 Å². The third-order valence-corrected chi connectivity index (χ3v) is 1.86. The van der Waals surface area contributed by atoms with E-state index in [0.717, 1.165) is 18.2 Å². The van der Waals surface area contributed by atoms with Gasteiger partial charge >= 0.3 is 6.18 Å². The summed E-state index contributed by atoms with van der Waals surface area (Å²) in [5.41, 5.74) is -0.575. The van der Waals surface area contributed by atoms with Gasteiger partial charge < -0.3 is 5.11 Å². The zero-order valence-electron chi connectivity index (χ0n) is 7.97. The van der Waals surface area contributed by atoms with Gasteiger partial charge in [0.1, 0.15) is 0 Å². The summed E-state index contributed by atoms with van der Waals surface area (Å²) in [5, 5.41) is 17.1. The molecule has 0 bridgehead atoms. The highest BCUT2D eigenvalue weighted by Gasteiger charge is 2.30. The number of benzene rings is 1. The minimum atomic E-state index is -4.45. The molecule has 0 aliphatic heterocycles. The number of hydrogen-bond acceptors (Lipinski definition) is 2. The van der Waals surface area contributed by atoms with Gasteiger partial charge in [0.2, 0.25) is 0 Å². The maximum absolute atomic E-state index is 12.3. The number of rotatable bonds is 1. The molecular formula is C11H6F3NO. The highest BCUT2D eigenvalue weighted by Crippen LogP contribution is 2.30. The van der Waals surface area contributed by atoms with Crippen molar-refractivity contribution in [1.29, 1.82) is 5.26 Å². The van der Waals surface area contributed by atoms with E-state index in [2.05, 4.69) is 11.8 Å². The number of hydrogen-bond donors (Lipinski definition) is 1. The van der Waals surface area contributed by atoms with Gasteiger partial charge in [-0.3, -0.25) is 0 Å². The first kappa shape index (κ1) is 12.1. The molecule has 2 nitrogen and oxygen atoms in total. The molecule has 0 spiro atoms. The Hall–Kier alpha value is -1.98. The number of aliphatic hydroxyl groups is 1. The second-order valence-electron chi connectivity index (χ2n) is 2.89. The van der Waals surface area contributed by atoms with E-state index in [1.54, 1.807) is 6.07 Å². The van der Waals surface area contributed by atoms with Crippen LogP contribution in [0.25, 0.3) is 0 Å². The van der Waals surface area contributed by atoms with E-state index >= 15 is 0 Å². The first-order valence-electron chi connectivity index (χ1n) is 4.20. The Labute approximate surface area is 89.9 Å². The molecule has 0 amide bonds. The maximum Gasteiger partial charge on any atom is 0.416 e. The second kappa shape index (κ2) is 4.69. The number of nitrogens with zero attached hydrogens (tertiary/aromatic N) is 1. The van der Waals surface area contributed by atoms with Gasteiger partial charge in [0.15, 0.2) is 6.07 Å². The molecule has 16 heavy (non-hydrogen) atoms. The Balaban J connectivity index is 3.23. The van der Waals surface area contributed by atoms with Crippen LogP contribution in [0.1, 0.15) is 16.7 Å². The molecule has 1 aromatic carbocycles. The normalized spacial score (nSPS) is 10.2. The Morgan fingerprint density at radius 2 is 2.00 bits per heavy atom. The highest BCUT2D eigenvalue weighted by molar-refractivity contribution is 5.45. The van der Waals surface area contributed by atoms with Gasteiger partial charge in [-0.1, -0.05) is 5.92 Å². The SMILES string of the molecule is N#CC#Cc1ccc(C(F)(F)F)cc1CO. The van der Waals surface area contributed by atoms with Gasteiger partial charge in [0.25, 0.3) is 0 Å². The molecule has 0 radical (unpaired) electrons. The summed E-state index contributed by atoms with van der Waals surface area (Å²) >= 11 is 0. The topological polar surface area (TPSA) is 44.0 Å². The van der Waals surface area contributed by atoms with Crippen LogP contribution < -0.4 is 0 Å². The lowest BCUT2D eigenvalue weighted by Gasteiger charge is -2.08. The Bertz CT molecular complexity index is 489. The average molecular weight is 225 g/mol. The third kappa shape index (κ3) is 2.75. The average Bonchev–Trinajstić information content (AvgIpc) is 2.24. The molecular weight excluding hydrogens is 219 g/mol. The van der Waals surface area contributed by atoms with Crippen LogP contribution in [0.4, 0.5) is 13.2 Å². The van der Waals surface area contributed by atoms with Crippen molar-refractivity contribution in [3.63, 3.8) is 0 Å². The first-order chi connectivity index (χ1) is 7.49. The van der Waals surface area contributed by atoms with Gasteiger partial charge in [-0.05, 0) is 23.8 Å². The standard InChI is InChI=1S/C11H6F3NO/c12-11(13,14)10-4-3-8(2-1-5-15)9(6-10)7-16/h3-4,6,16H,7H2. The number of alkyl halides is 3. The lowest BCUT2D eigenvalue weighted by molar-refractivity contribution is -0.137. The van der Waals surface area contributed by atoms with Crippen LogP contribution in [-0.2, 0) is 12.8 Å². The molecule has 0 atom stereocenters. The van der Waals surface area contributed by atoms with E-state index < -0.39 is 18.3 Å². The van der Waals surface area contributed by atoms with Crippen LogP contribution in [0.2, 0.25) is 0 Å². The van der Waals surface area contributed by atoms with Crippen LogP contribution >= 0.6 is 0 Å². The minimum Gasteiger partial charge on any atom is -0.392 e. The molecule has 1 N–H and O–H groups in total. The summed E-state index contributed by atoms with van der Waals surface area (Å²) in [7, 11) is 0. The van der Waals surface area contributed by atoms with E-state index in [1.807, 2.05) is 0 Å². The van der Waals surface area contributed by atoms with Crippen molar-refractivity contribution in [2.45, 2.75) is 12.8 Å². The smallest absolute Gasteiger partial charge is 0.392 e. The molecule has 82 valence electrons. The monoisotopic (exact) mass is 225 g/mol. The summed E-state index contributed by atoms with van der Waals surface area (Å²) in [4.78, 5) is 0. The lowest BCUT2D eigenvalue weighted by atomic mass is 10.0. The fourth-order valence-corrected chi connectivity index (χ4v) is 1.12. The quantitative estimate of drug-likeness (QED) is 0.743. The number of nitriles is 1. The van der Waals surface area contributed by atoms with Crippen LogP contribution in [-0.4, -0.2) is 5.11 Å². The van der Waals surface area contributed by atoms with E-state index in [1.165, 1.54) is 0 Å². The lowest BCUT2D eigenvalue weighted by Crippen LogP contribution is -2.06. The molecule has 1 aromatic rings. The van der Waals surface area contributed by atoms with Crippen LogP contribution in [0.15, 0.2) is 18.2 Å². The molecule has 0 saturated carbocycles. The van der Waals surface area contributed by atoms with E-state index in [-0.39, 0.29) is 11.1 Å². The molecule has 0 aliphatic carbocycles. The van der Waals surface area contributed by atoms with E-state index in [4.69, 9.17) is 10.4 Å². The summed E-state index contributed by atoms with van der Waals surface area (Å²) in [5.74, 6) is 4.41. The predicted molar refractivity (Wildman–Crippen MR) is 49.9 cm³/mol. The van der Waals surface area contributed by atoms with Crippen molar-refractivity contribution >= 4 is 0 Å². The zero-order valence-corrected chi connectivity index (χ0v) is 7.97. The molecule has 1 rings (SSSR count). The summed E-state index contributed by atoms with van der Waals surface area (Å²) in [6.45, 7) is -0.556. The first-order valence-corrected chi connectivity index (χ1v) is 4.20. The molecule has 0 saturated heterocycles. The summed E-state index contributed by atoms with van der Waals surface area (Å²) in [6.07, 6.45) is -4.45. The van der Waals surface area contributed by atoms with Crippen LogP contribution in [0, 0.1) is 23.2 Å². The van der Waals surface area contributed by atoms with E-state index in [9.17, 15) is 13.2 Å². The van der Waals surface area contributed by atoms with Crippen LogP contribution in [0.3, 0.4) is 0 Å². The third-order valence-electron chi connectivity index (χ3n) is 1.86. The van der Waals surface area contributed by atoms with Gasteiger partial charge in [0.05, 0.1) is 12.2 Å². The fraction of sp³-hybridized carbons (Fsp3) is 0.182. The van der Waals surface area contributed by atoms with Gasteiger partial charge in [-0.2, -0.15) is 18.4 Å². The second-order valence-corrected chi connectivity index (χ2v) is 2.89. The Morgan fingerprint density at radius 3 is 2.50 bits per heavy atom. The van der Waals surface area contributed by atoms with E-state index in [0.29, 0.717) is 0 Å². The van der Waals surface area contributed by atoms with Crippen LogP contribution in [0.5, 0.6) is 0 Å². The summed E-state index contributed by atoms with van der Waals surface area (Å²) in [6, 6.07) is 4.37.